The number of nitrogens with one attached hydrogen (secondary N) is 1. The van der Waals surface area contributed by atoms with Gasteiger partial charge in [0.25, 0.3) is 5.91 Å². The van der Waals surface area contributed by atoms with E-state index < -0.39 is 0 Å². The van der Waals surface area contributed by atoms with E-state index in [0.717, 1.165) is 19.3 Å². The normalized spacial score (nSPS) is 20.2. The highest BCUT2D eigenvalue weighted by Crippen LogP contribution is 2.33. The van der Waals surface area contributed by atoms with Crippen LogP contribution in [0.5, 0.6) is 5.75 Å². The molecule has 0 aromatic heterocycles. The molecule has 0 bridgehead atoms. The number of carbonyl (C=O) groups is 2. The molecule has 2 amide bonds. The summed E-state index contributed by atoms with van der Waals surface area (Å²) >= 11 is 0. The molecule has 23 heavy (non-hydrogen) atoms. The predicted octanol–water partition coefficient (Wildman–Crippen LogP) is 1.71. The van der Waals surface area contributed by atoms with Crippen molar-refractivity contribution in [2.45, 2.75) is 19.3 Å². The molecule has 0 aliphatic heterocycles. The van der Waals surface area contributed by atoms with Crippen molar-refractivity contribution in [2.24, 2.45) is 17.6 Å². The van der Waals surface area contributed by atoms with Crippen molar-refractivity contribution in [3.8, 4) is 5.75 Å². The van der Waals surface area contributed by atoms with Crippen molar-refractivity contribution in [1.29, 1.82) is 0 Å². The first kappa shape index (κ1) is 17.3. The van der Waals surface area contributed by atoms with Crippen LogP contribution in [0, 0.1) is 11.8 Å². The van der Waals surface area contributed by atoms with Crippen LogP contribution in [0.2, 0.25) is 0 Å². The van der Waals surface area contributed by atoms with E-state index in [-0.39, 0.29) is 23.7 Å². The Bertz CT molecular complexity index is 586. The SMILES string of the molecule is COc1cc(C(=O)N(C)C)ccc1NC(=O)[C@@H]1CCC[C@@H]1CN. The van der Waals surface area contributed by atoms with Crippen molar-refractivity contribution < 1.29 is 14.3 Å². The lowest BCUT2D eigenvalue weighted by molar-refractivity contribution is -0.120. The molecule has 1 aliphatic rings. The van der Waals surface area contributed by atoms with Gasteiger partial charge < -0.3 is 20.7 Å². The zero-order chi connectivity index (χ0) is 17.0. The van der Waals surface area contributed by atoms with Crippen LogP contribution >= 0.6 is 0 Å². The number of methoxy groups -OCH3 is 1. The Labute approximate surface area is 137 Å². The van der Waals surface area contributed by atoms with E-state index in [1.165, 1.54) is 12.0 Å². The lowest BCUT2D eigenvalue weighted by Crippen LogP contribution is -2.30. The van der Waals surface area contributed by atoms with Gasteiger partial charge in [0.2, 0.25) is 5.91 Å². The zero-order valence-electron chi connectivity index (χ0n) is 14.0. The van der Waals surface area contributed by atoms with Crippen molar-refractivity contribution >= 4 is 17.5 Å². The molecule has 1 aliphatic carbocycles. The molecule has 1 aromatic carbocycles. The van der Waals surface area contributed by atoms with E-state index in [0.29, 0.717) is 23.5 Å². The maximum absolute atomic E-state index is 12.5. The van der Waals surface area contributed by atoms with E-state index >= 15 is 0 Å². The molecule has 1 saturated carbocycles. The molecule has 6 nitrogen and oxygen atoms in total. The van der Waals surface area contributed by atoms with E-state index in [1.807, 2.05) is 0 Å². The summed E-state index contributed by atoms with van der Waals surface area (Å²) in [5.41, 5.74) is 6.84. The highest BCUT2D eigenvalue weighted by molar-refractivity contribution is 5.97. The molecule has 0 spiro atoms. The van der Waals surface area contributed by atoms with Crippen molar-refractivity contribution in [2.75, 3.05) is 33.1 Å². The van der Waals surface area contributed by atoms with Gasteiger partial charge in [-0.25, -0.2) is 0 Å². The first-order valence-corrected chi connectivity index (χ1v) is 7.88. The Balaban J connectivity index is 2.16. The number of amides is 2. The standard InChI is InChI=1S/C17H25N3O3/c1-20(2)17(22)11-7-8-14(15(9-11)23-3)19-16(21)13-6-4-5-12(13)10-18/h7-9,12-13H,4-6,10,18H2,1-3H3,(H,19,21)/t12-,13-/m1/s1. The summed E-state index contributed by atoms with van der Waals surface area (Å²) in [6, 6.07) is 5.04. The van der Waals surface area contributed by atoms with Crippen LogP contribution in [-0.2, 0) is 4.79 Å². The zero-order valence-corrected chi connectivity index (χ0v) is 14.0. The topological polar surface area (TPSA) is 84.7 Å². The average molecular weight is 319 g/mol. The maximum atomic E-state index is 12.5. The van der Waals surface area contributed by atoms with Crippen LogP contribution in [0.4, 0.5) is 5.69 Å². The molecule has 126 valence electrons. The van der Waals surface area contributed by atoms with Crippen molar-refractivity contribution in [1.82, 2.24) is 4.90 Å². The molecule has 0 saturated heterocycles. The van der Waals surface area contributed by atoms with Crippen LogP contribution in [0.3, 0.4) is 0 Å². The van der Waals surface area contributed by atoms with Crippen LogP contribution < -0.4 is 15.8 Å². The Morgan fingerprint density at radius 2 is 2.09 bits per heavy atom. The third-order valence-electron chi connectivity index (χ3n) is 4.41. The smallest absolute Gasteiger partial charge is 0.253 e. The van der Waals surface area contributed by atoms with Gasteiger partial charge >= 0.3 is 0 Å². The summed E-state index contributed by atoms with van der Waals surface area (Å²) in [5, 5.41) is 2.92. The molecule has 1 aromatic rings. The highest BCUT2D eigenvalue weighted by Gasteiger charge is 2.32. The van der Waals surface area contributed by atoms with Crippen molar-refractivity contribution in [3.05, 3.63) is 23.8 Å². The molecule has 1 fully saturated rings. The molecule has 0 heterocycles. The van der Waals surface area contributed by atoms with Crippen LogP contribution in [0.15, 0.2) is 18.2 Å². The molecular weight excluding hydrogens is 294 g/mol. The fraction of sp³-hybridized carbons (Fsp3) is 0.529. The number of hydrogen-bond acceptors (Lipinski definition) is 4. The van der Waals surface area contributed by atoms with E-state index in [9.17, 15) is 9.59 Å². The summed E-state index contributed by atoms with van der Waals surface area (Å²) in [5.74, 6) is 0.542. The Kier molecular flexibility index (Phi) is 5.60. The molecule has 6 heteroatoms. The van der Waals surface area contributed by atoms with Gasteiger partial charge in [0.1, 0.15) is 5.75 Å². The molecule has 2 rings (SSSR count). The second kappa shape index (κ2) is 7.46. The maximum Gasteiger partial charge on any atom is 0.253 e. The lowest BCUT2D eigenvalue weighted by Gasteiger charge is -2.19. The monoisotopic (exact) mass is 319 g/mol. The van der Waals surface area contributed by atoms with Gasteiger partial charge in [-0.15, -0.1) is 0 Å². The third-order valence-corrected chi connectivity index (χ3v) is 4.41. The number of nitrogens with zero attached hydrogens (tertiary/aromatic N) is 1. The van der Waals surface area contributed by atoms with E-state index in [1.54, 1.807) is 32.3 Å². The van der Waals surface area contributed by atoms with E-state index in [2.05, 4.69) is 5.32 Å². The fourth-order valence-electron chi connectivity index (χ4n) is 3.08. The number of carbonyl (C=O) groups excluding carboxylic acids is 2. The summed E-state index contributed by atoms with van der Waals surface area (Å²) in [6.07, 6.45) is 2.91. The number of anilines is 1. The second-order valence-corrected chi connectivity index (χ2v) is 6.14. The van der Waals surface area contributed by atoms with Gasteiger partial charge in [-0.1, -0.05) is 6.42 Å². The Morgan fingerprint density at radius 3 is 2.70 bits per heavy atom. The fourth-order valence-corrected chi connectivity index (χ4v) is 3.08. The lowest BCUT2D eigenvalue weighted by atomic mass is 9.95. The van der Waals surface area contributed by atoms with Crippen LogP contribution in [0.25, 0.3) is 0 Å². The summed E-state index contributed by atoms with van der Waals surface area (Å²) in [4.78, 5) is 26.0. The molecular formula is C17H25N3O3. The van der Waals surface area contributed by atoms with Gasteiger partial charge in [0.05, 0.1) is 12.8 Å². The first-order valence-electron chi connectivity index (χ1n) is 7.88. The largest absolute Gasteiger partial charge is 0.495 e. The minimum Gasteiger partial charge on any atom is -0.495 e. The van der Waals surface area contributed by atoms with Gasteiger partial charge in [-0.3, -0.25) is 9.59 Å². The van der Waals surface area contributed by atoms with Crippen LogP contribution in [-0.4, -0.2) is 44.5 Å². The second-order valence-electron chi connectivity index (χ2n) is 6.14. The number of ether oxygens (including phenoxy) is 1. The average Bonchev–Trinajstić information content (AvgIpc) is 3.03. The summed E-state index contributed by atoms with van der Waals surface area (Å²) in [7, 11) is 4.91. The number of nitrogens with two attached hydrogens (primary N) is 1. The number of hydrogen-bond donors (Lipinski definition) is 2. The van der Waals surface area contributed by atoms with Gasteiger partial charge in [-0.2, -0.15) is 0 Å². The van der Waals surface area contributed by atoms with Crippen LogP contribution in [0.1, 0.15) is 29.6 Å². The van der Waals surface area contributed by atoms with Gasteiger partial charge in [0, 0.05) is 25.6 Å². The Hall–Kier alpha value is -2.08. The Morgan fingerprint density at radius 1 is 1.35 bits per heavy atom. The molecule has 2 atom stereocenters. The summed E-state index contributed by atoms with van der Waals surface area (Å²) < 4.78 is 5.32. The van der Waals surface area contributed by atoms with Gasteiger partial charge in [-0.05, 0) is 43.5 Å². The quantitative estimate of drug-likeness (QED) is 0.865. The summed E-state index contributed by atoms with van der Waals surface area (Å²) in [6.45, 7) is 0.533. The predicted molar refractivity (Wildman–Crippen MR) is 89.5 cm³/mol. The first-order chi connectivity index (χ1) is 11.0. The number of rotatable bonds is 5. The number of benzene rings is 1. The van der Waals surface area contributed by atoms with Gasteiger partial charge in [0.15, 0.2) is 0 Å². The highest BCUT2D eigenvalue weighted by atomic mass is 16.5. The minimum absolute atomic E-state index is 0.0251. The molecule has 0 radical (unpaired) electrons. The van der Waals surface area contributed by atoms with E-state index in [4.69, 9.17) is 10.5 Å². The third kappa shape index (κ3) is 3.82. The molecule has 0 unspecified atom stereocenters. The molecule has 3 N–H and O–H groups in total. The minimum atomic E-state index is -0.111. The van der Waals surface area contributed by atoms with Crippen molar-refractivity contribution in [3.63, 3.8) is 0 Å².